The van der Waals surface area contributed by atoms with Gasteiger partial charge in [-0.1, -0.05) is 84.9 Å². The number of furan rings is 1. The lowest BCUT2D eigenvalue weighted by atomic mass is 9.70. The van der Waals surface area contributed by atoms with Crippen LogP contribution in [-0.2, 0) is 0 Å². The van der Waals surface area contributed by atoms with Crippen molar-refractivity contribution in [3.05, 3.63) is 115 Å². The van der Waals surface area contributed by atoms with E-state index in [1.54, 1.807) is 0 Å². The maximum atomic E-state index is 10.4. The van der Waals surface area contributed by atoms with E-state index in [-0.39, 0.29) is 0 Å². The summed E-state index contributed by atoms with van der Waals surface area (Å²) in [6.45, 7) is 0. The molecule has 5 aromatic carbocycles. The van der Waals surface area contributed by atoms with E-state index in [0.717, 1.165) is 55.3 Å². The van der Waals surface area contributed by atoms with Gasteiger partial charge in [0.25, 0.3) is 0 Å². The van der Waals surface area contributed by atoms with Crippen molar-refractivity contribution in [1.29, 1.82) is 0 Å². The molecule has 6 rings (SSSR count). The van der Waals surface area contributed by atoms with Gasteiger partial charge in [0.15, 0.2) is 0 Å². The molecule has 162 valence electrons. The molecule has 0 spiro atoms. The van der Waals surface area contributed by atoms with Crippen LogP contribution in [0.2, 0.25) is 0 Å². The summed E-state index contributed by atoms with van der Waals surface area (Å²) in [5.74, 6) is 0. The average molecular weight is 440 g/mol. The van der Waals surface area contributed by atoms with Gasteiger partial charge < -0.3 is 14.5 Å². The quantitative estimate of drug-likeness (QED) is 0.318. The molecule has 0 bridgehead atoms. The molecular weight excluding hydrogens is 419 g/mol. The van der Waals surface area contributed by atoms with Crippen LogP contribution in [0.15, 0.2) is 120 Å². The maximum absolute atomic E-state index is 10.4. The highest BCUT2D eigenvalue weighted by atomic mass is 16.4. The van der Waals surface area contributed by atoms with Crippen LogP contribution < -0.4 is 5.46 Å². The lowest BCUT2D eigenvalue weighted by Crippen LogP contribution is -2.33. The van der Waals surface area contributed by atoms with E-state index in [1.807, 2.05) is 97.1 Å². The highest BCUT2D eigenvalue weighted by molar-refractivity contribution is 6.62. The molecule has 1 aromatic heterocycles. The lowest BCUT2D eigenvalue weighted by Gasteiger charge is -2.18. The number of hydrogen-bond donors (Lipinski definition) is 2. The molecule has 6 aromatic rings. The van der Waals surface area contributed by atoms with Gasteiger partial charge >= 0.3 is 7.12 Å². The first-order valence-corrected chi connectivity index (χ1v) is 11.3. The average Bonchev–Trinajstić information content (AvgIpc) is 3.27. The summed E-state index contributed by atoms with van der Waals surface area (Å²) in [5.41, 5.74) is 7.69. The third-order valence-corrected chi connectivity index (χ3v) is 6.32. The second kappa shape index (κ2) is 8.34. The fraction of sp³-hybridized carbons (Fsp3) is 0. The predicted octanol–water partition coefficient (Wildman–Crippen LogP) is 6.27. The topological polar surface area (TPSA) is 53.6 Å². The van der Waals surface area contributed by atoms with Crippen molar-refractivity contribution in [2.24, 2.45) is 0 Å². The maximum Gasteiger partial charge on any atom is 0.489 e. The Morgan fingerprint density at radius 1 is 0.471 bits per heavy atom. The Bertz CT molecular complexity index is 1560. The van der Waals surface area contributed by atoms with Gasteiger partial charge in [-0.2, -0.15) is 0 Å². The normalized spacial score (nSPS) is 11.2. The number of para-hydroxylation sites is 1. The Morgan fingerprint density at radius 2 is 1.03 bits per heavy atom. The van der Waals surface area contributed by atoms with Gasteiger partial charge in [0.05, 0.1) is 0 Å². The summed E-state index contributed by atoms with van der Waals surface area (Å²) in [5, 5.41) is 23.0. The molecule has 0 aliphatic heterocycles. The van der Waals surface area contributed by atoms with Crippen LogP contribution in [0.25, 0.3) is 55.3 Å². The minimum atomic E-state index is -1.61. The zero-order valence-electron chi connectivity index (χ0n) is 18.3. The van der Waals surface area contributed by atoms with E-state index in [9.17, 15) is 10.0 Å². The summed E-state index contributed by atoms with van der Waals surface area (Å²) in [4.78, 5) is 0. The third-order valence-electron chi connectivity index (χ3n) is 6.32. The first-order valence-electron chi connectivity index (χ1n) is 11.3. The van der Waals surface area contributed by atoms with Crippen LogP contribution in [0, 0.1) is 0 Å². The van der Waals surface area contributed by atoms with Crippen molar-refractivity contribution >= 4 is 34.5 Å². The van der Waals surface area contributed by atoms with Gasteiger partial charge in [0.2, 0.25) is 0 Å². The van der Waals surface area contributed by atoms with Gasteiger partial charge in [0.1, 0.15) is 11.2 Å². The Hall–Kier alpha value is -4.12. The predicted molar refractivity (Wildman–Crippen MR) is 140 cm³/mol. The van der Waals surface area contributed by atoms with E-state index >= 15 is 0 Å². The first-order chi connectivity index (χ1) is 16.7. The Kier molecular flexibility index (Phi) is 5.03. The van der Waals surface area contributed by atoms with E-state index < -0.39 is 7.12 Å². The zero-order valence-corrected chi connectivity index (χ0v) is 18.3. The summed E-state index contributed by atoms with van der Waals surface area (Å²) < 4.78 is 6.01. The molecule has 2 N–H and O–H groups in total. The highest BCUT2D eigenvalue weighted by Crippen LogP contribution is 2.35. The molecule has 0 aliphatic rings. The van der Waals surface area contributed by atoms with E-state index in [0.29, 0.717) is 5.46 Å². The number of hydrogen-bond acceptors (Lipinski definition) is 3. The van der Waals surface area contributed by atoms with Crippen molar-refractivity contribution in [3.8, 4) is 33.4 Å². The Morgan fingerprint density at radius 3 is 1.65 bits per heavy atom. The number of benzene rings is 5. The molecule has 0 aliphatic carbocycles. The molecule has 34 heavy (non-hydrogen) atoms. The monoisotopic (exact) mass is 440 g/mol. The minimum Gasteiger partial charge on any atom is -0.456 e. The van der Waals surface area contributed by atoms with Crippen LogP contribution in [-0.4, -0.2) is 17.2 Å². The van der Waals surface area contributed by atoms with Crippen molar-refractivity contribution in [1.82, 2.24) is 0 Å². The lowest BCUT2D eigenvalue weighted by molar-refractivity contribution is 0.426. The molecular formula is C30H21BO3. The largest absolute Gasteiger partial charge is 0.489 e. The highest BCUT2D eigenvalue weighted by Gasteiger charge is 2.24. The molecule has 0 fully saturated rings. The van der Waals surface area contributed by atoms with Crippen molar-refractivity contribution in [2.45, 2.75) is 0 Å². The third kappa shape index (κ3) is 3.50. The Balaban J connectivity index is 1.64. The summed E-state index contributed by atoms with van der Waals surface area (Å²) in [6.07, 6.45) is 0. The van der Waals surface area contributed by atoms with E-state index in [4.69, 9.17) is 4.42 Å². The second-order valence-electron chi connectivity index (χ2n) is 8.40. The molecule has 0 radical (unpaired) electrons. The molecule has 0 saturated carbocycles. The Labute approximate surface area is 197 Å². The first kappa shape index (κ1) is 20.5. The fourth-order valence-electron chi connectivity index (χ4n) is 4.72. The van der Waals surface area contributed by atoms with E-state index in [2.05, 4.69) is 18.2 Å². The smallest absolute Gasteiger partial charge is 0.456 e. The molecule has 4 heteroatoms. The van der Waals surface area contributed by atoms with Gasteiger partial charge in [-0.15, -0.1) is 0 Å². The second-order valence-corrected chi connectivity index (χ2v) is 8.40. The summed E-state index contributed by atoms with van der Waals surface area (Å²) in [6, 6.07) is 38.1. The van der Waals surface area contributed by atoms with Crippen LogP contribution in [0.1, 0.15) is 0 Å². The minimum absolute atomic E-state index is 0.496. The molecule has 0 atom stereocenters. The fourth-order valence-corrected chi connectivity index (χ4v) is 4.72. The van der Waals surface area contributed by atoms with Crippen molar-refractivity contribution < 1.29 is 14.5 Å². The molecule has 1 heterocycles. The molecule has 0 saturated heterocycles. The van der Waals surface area contributed by atoms with Crippen molar-refractivity contribution in [3.63, 3.8) is 0 Å². The summed E-state index contributed by atoms with van der Waals surface area (Å²) >= 11 is 0. The van der Waals surface area contributed by atoms with Crippen LogP contribution >= 0.6 is 0 Å². The van der Waals surface area contributed by atoms with Crippen molar-refractivity contribution in [2.75, 3.05) is 0 Å². The SMILES string of the molecule is OB(O)c1c(-c2ccccc2)cc(-c2ccc3oc4ccccc4c3c2)cc1-c1ccccc1. The standard InChI is InChI=1S/C30H21BO3/c32-31(33)30-25(20-9-3-1-4-10-20)18-23(19-26(30)21-11-5-2-6-12-21)22-15-16-29-27(17-22)24-13-7-8-14-28(24)34-29/h1-19,32-33H. The summed E-state index contributed by atoms with van der Waals surface area (Å²) in [7, 11) is -1.61. The number of fused-ring (bicyclic) bond motifs is 3. The molecule has 0 unspecified atom stereocenters. The van der Waals surface area contributed by atoms with Gasteiger partial charge in [-0.25, -0.2) is 0 Å². The van der Waals surface area contributed by atoms with Crippen LogP contribution in [0.4, 0.5) is 0 Å². The van der Waals surface area contributed by atoms with Crippen LogP contribution in [0.3, 0.4) is 0 Å². The van der Waals surface area contributed by atoms with Gasteiger partial charge in [-0.3, -0.25) is 0 Å². The van der Waals surface area contributed by atoms with E-state index in [1.165, 1.54) is 0 Å². The number of rotatable bonds is 4. The van der Waals surface area contributed by atoms with Gasteiger partial charge in [-0.05, 0) is 69.2 Å². The molecule has 0 amide bonds. The zero-order chi connectivity index (χ0) is 23.1. The molecule has 3 nitrogen and oxygen atoms in total. The van der Waals surface area contributed by atoms with Gasteiger partial charge in [0, 0.05) is 10.8 Å². The van der Waals surface area contributed by atoms with Crippen LogP contribution in [0.5, 0.6) is 0 Å².